The van der Waals surface area contributed by atoms with Crippen molar-refractivity contribution >= 4 is 5.91 Å². The van der Waals surface area contributed by atoms with E-state index in [-0.39, 0.29) is 24.2 Å². The van der Waals surface area contributed by atoms with Crippen LogP contribution < -0.4 is 14.2 Å². The molecule has 0 aliphatic carbocycles. The summed E-state index contributed by atoms with van der Waals surface area (Å²) in [6, 6.07) is 11.5. The molecule has 0 aromatic heterocycles. The van der Waals surface area contributed by atoms with Crippen LogP contribution in [0.15, 0.2) is 42.5 Å². The third-order valence-electron chi connectivity index (χ3n) is 4.58. The molecule has 6 heteroatoms. The molecule has 0 saturated carbocycles. The van der Waals surface area contributed by atoms with Crippen molar-refractivity contribution in [3.63, 3.8) is 0 Å². The molecule has 0 radical (unpaired) electrons. The first kappa shape index (κ1) is 18.0. The zero-order valence-corrected chi connectivity index (χ0v) is 14.9. The number of benzene rings is 2. The molecule has 1 saturated heterocycles. The van der Waals surface area contributed by atoms with Gasteiger partial charge in [-0.3, -0.25) is 4.79 Å². The minimum absolute atomic E-state index is 0.106. The largest absolute Gasteiger partial charge is 0.497 e. The summed E-state index contributed by atoms with van der Waals surface area (Å²) >= 11 is 0. The Bertz CT molecular complexity index is 780. The first-order valence-corrected chi connectivity index (χ1v) is 8.48. The van der Waals surface area contributed by atoms with Crippen molar-refractivity contribution in [1.29, 1.82) is 0 Å². The maximum Gasteiger partial charge on any atom is 0.260 e. The summed E-state index contributed by atoms with van der Waals surface area (Å²) in [5, 5.41) is 0. The summed E-state index contributed by atoms with van der Waals surface area (Å²) < 4.78 is 29.3. The molecule has 0 bridgehead atoms. The first-order chi connectivity index (χ1) is 12.6. The third-order valence-corrected chi connectivity index (χ3v) is 4.58. The molecule has 2 aromatic rings. The standard InChI is InChI=1S/C20H22FNO4/c1-24-16-6-7-19(25-2)18(11-16)14-8-9-22(12-14)20(23)13-26-17-5-3-4-15(21)10-17/h3-7,10-11,14H,8-9,12-13H2,1-2H3. The van der Waals surface area contributed by atoms with E-state index in [0.717, 1.165) is 23.5 Å². The van der Waals surface area contributed by atoms with Gasteiger partial charge in [0.05, 0.1) is 14.2 Å². The van der Waals surface area contributed by atoms with Crippen LogP contribution in [0.25, 0.3) is 0 Å². The molecule has 1 aliphatic heterocycles. The molecular formula is C20H22FNO4. The number of rotatable bonds is 6. The number of nitrogens with zero attached hydrogens (tertiary/aromatic N) is 1. The van der Waals surface area contributed by atoms with Crippen LogP contribution in [0.3, 0.4) is 0 Å². The van der Waals surface area contributed by atoms with E-state index < -0.39 is 0 Å². The van der Waals surface area contributed by atoms with Gasteiger partial charge in [0.1, 0.15) is 23.1 Å². The lowest BCUT2D eigenvalue weighted by Gasteiger charge is -2.18. The lowest BCUT2D eigenvalue weighted by Crippen LogP contribution is -2.32. The van der Waals surface area contributed by atoms with E-state index in [1.807, 2.05) is 18.2 Å². The molecule has 1 heterocycles. The summed E-state index contributed by atoms with van der Waals surface area (Å²) in [5.41, 5.74) is 1.04. The van der Waals surface area contributed by atoms with Gasteiger partial charge >= 0.3 is 0 Å². The molecular weight excluding hydrogens is 337 g/mol. The van der Waals surface area contributed by atoms with Gasteiger partial charge in [-0.25, -0.2) is 4.39 Å². The van der Waals surface area contributed by atoms with Crippen LogP contribution in [-0.4, -0.2) is 44.7 Å². The van der Waals surface area contributed by atoms with Crippen LogP contribution in [0.2, 0.25) is 0 Å². The van der Waals surface area contributed by atoms with Crippen LogP contribution in [-0.2, 0) is 4.79 Å². The molecule has 1 fully saturated rings. The number of ether oxygens (including phenoxy) is 3. The molecule has 0 N–H and O–H groups in total. The van der Waals surface area contributed by atoms with E-state index in [4.69, 9.17) is 14.2 Å². The Hall–Kier alpha value is -2.76. The highest BCUT2D eigenvalue weighted by atomic mass is 19.1. The summed E-state index contributed by atoms with van der Waals surface area (Å²) in [6.45, 7) is 1.14. The Morgan fingerprint density at radius 1 is 1.15 bits per heavy atom. The maximum absolute atomic E-state index is 13.2. The van der Waals surface area contributed by atoms with Gasteiger partial charge in [0.2, 0.25) is 0 Å². The molecule has 3 rings (SSSR count). The van der Waals surface area contributed by atoms with E-state index in [2.05, 4.69) is 0 Å². The fourth-order valence-electron chi connectivity index (χ4n) is 3.19. The summed E-state index contributed by atoms with van der Waals surface area (Å²) in [7, 11) is 3.26. The van der Waals surface area contributed by atoms with Gasteiger partial charge in [-0.2, -0.15) is 0 Å². The van der Waals surface area contributed by atoms with Gasteiger partial charge in [-0.1, -0.05) is 6.07 Å². The van der Waals surface area contributed by atoms with Gasteiger partial charge < -0.3 is 19.1 Å². The second kappa shape index (κ2) is 8.08. The van der Waals surface area contributed by atoms with Gasteiger partial charge in [0.25, 0.3) is 5.91 Å². The molecule has 138 valence electrons. The van der Waals surface area contributed by atoms with Crippen LogP contribution in [0.1, 0.15) is 17.9 Å². The van der Waals surface area contributed by atoms with Crippen molar-refractivity contribution in [3.8, 4) is 17.2 Å². The Morgan fingerprint density at radius 3 is 2.73 bits per heavy atom. The Morgan fingerprint density at radius 2 is 2.00 bits per heavy atom. The predicted octanol–water partition coefficient (Wildman–Crippen LogP) is 3.24. The lowest BCUT2D eigenvalue weighted by molar-refractivity contribution is -0.132. The quantitative estimate of drug-likeness (QED) is 0.794. The minimum atomic E-state index is -0.388. The zero-order valence-electron chi connectivity index (χ0n) is 14.9. The summed E-state index contributed by atoms with van der Waals surface area (Å²) in [5.74, 6) is 1.59. The SMILES string of the molecule is COc1ccc(OC)c(C2CCN(C(=O)COc3cccc(F)c3)C2)c1. The van der Waals surface area contributed by atoms with Crippen LogP contribution in [0.4, 0.5) is 4.39 Å². The number of methoxy groups -OCH3 is 2. The molecule has 1 unspecified atom stereocenters. The van der Waals surface area contributed by atoms with Crippen molar-refractivity contribution in [3.05, 3.63) is 53.8 Å². The zero-order chi connectivity index (χ0) is 18.5. The molecule has 26 heavy (non-hydrogen) atoms. The molecule has 1 amide bonds. The average Bonchev–Trinajstić information content (AvgIpc) is 3.15. The van der Waals surface area contributed by atoms with Crippen molar-refractivity contribution in [2.75, 3.05) is 33.9 Å². The van der Waals surface area contributed by atoms with E-state index in [1.165, 1.54) is 12.1 Å². The molecule has 5 nitrogen and oxygen atoms in total. The third kappa shape index (κ3) is 4.07. The van der Waals surface area contributed by atoms with Gasteiger partial charge in [-0.05, 0) is 36.8 Å². The van der Waals surface area contributed by atoms with Crippen molar-refractivity contribution in [2.45, 2.75) is 12.3 Å². The highest BCUT2D eigenvalue weighted by Gasteiger charge is 2.29. The normalized spacial score (nSPS) is 16.4. The fourth-order valence-corrected chi connectivity index (χ4v) is 3.19. The number of carbonyl (C=O) groups is 1. The smallest absolute Gasteiger partial charge is 0.260 e. The van der Waals surface area contributed by atoms with Crippen molar-refractivity contribution < 1.29 is 23.4 Å². The Kier molecular flexibility index (Phi) is 5.61. The van der Waals surface area contributed by atoms with Crippen LogP contribution >= 0.6 is 0 Å². The predicted molar refractivity (Wildman–Crippen MR) is 95.4 cm³/mol. The van der Waals surface area contributed by atoms with Crippen LogP contribution in [0.5, 0.6) is 17.2 Å². The summed E-state index contributed by atoms with van der Waals surface area (Å²) in [6.07, 6.45) is 0.842. The van der Waals surface area contributed by atoms with Gasteiger partial charge in [0, 0.05) is 30.6 Å². The monoisotopic (exact) mass is 359 g/mol. The van der Waals surface area contributed by atoms with Crippen molar-refractivity contribution in [2.24, 2.45) is 0 Å². The fraction of sp³-hybridized carbons (Fsp3) is 0.350. The van der Waals surface area contributed by atoms with E-state index in [1.54, 1.807) is 31.3 Å². The number of hydrogen-bond donors (Lipinski definition) is 0. The highest BCUT2D eigenvalue weighted by molar-refractivity contribution is 5.78. The first-order valence-electron chi connectivity index (χ1n) is 8.48. The second-order valence-electron chi connectivity index (χ2n) is 6.18. The van der Waals surface area contributed by atoms with Gasteiger partial charge in [-0.15, -0.1) is 0 Å². The average molecular weight is 359 g/mol. The molecule has 1 atom stereocenters. The van der Waals surface area contributed by atoms with Crippen molar-refractivity contribution in [1.82, 2.24) is 4.90 Å². The molecule has 1 aliphatic rings. The summed E-state index contributed by atoms with van der Waals surface area (Å²) in [4.78, 5) is 14.2. The van der Waals surface area contributed by atoms with E-state index in [0.29, 0.717) is 18.8 Å². The van der Waals surface area contributed by atoms with E-state index >= 15 is 0 Å². The molecule has 0 spiro atoms. The van der Waals surface area contributed by atoms with Crippen LogP contribution in [0, 0.1) is 5.82 Å². The maximum atomic E-state index is 13.2. The number of likely N-dealkylation sites (tertiary alicyclic amines) is 1. The lowest BCUT2D eigenvalue weighted by atomic mass is 9.97. The highest BCUT2D eigenvalue weighted by Crippen LogP contribution is 2.36. The number of carbonyl (C=O) groups excluding carboxylic acids is 1. The second-order valence-corrected chi connectivity index (χ2v) is 6.18. The number of hydrogen-bond acceptors (Lipinski definition) is 4. The minimum Gasteiger partial charge on any atom is -0.497 e. The topological polar surface area (TPSA) is 48.0 Å². The number of halogens is 1. The Labute approximate surface area is 152 Å². The molecule has 2 aromatic carbocycles. The van der Waals surface area contributed by atoms with Gasteiger partial charge in [0.15, 0.2) is 6.61 Å². The number of amides is 1. The Balaban J connectivity index is 1.62. The van der Waals surface area contributed by atoms with E-state index in [9.17, 15) is 9.18 Å².